The van der Waals surface area contributed by atoms with Gasteiger partial charge in [0.25, 0.3) is 0 Å². The van der Waals surface area contributed by atoms with Crippen molar-refractivity contribution in [1.82, 2.24) is 25.3 Å². The number of likely N-dealkylation sites (N-methyl/N-ethyl adjacent to an activating group) is 1. The van der Waals surface area contributed by atoms with Gasteiger partial charge in [0.05, 0.1) is 5.69 Å². The molecule has 4 rings (SSSR count). The highest BCUT2D eigenvalue weighted by molar-refractivity contribution is 6.05. The van der Waals surface area contributed by atoms with E-state index in [1.54, 1.807) is 7.05 Å². The van der Waals surface area contributed by atoms with Crippen LogP contribution in [0.1, 0.15) is 5.56 Å². The maximum atomic E-state index is 4.81. The quantitative estimate of drug-likeness (QED) is 0.346. The molecule has 0 atom stereocenters. The highest BCUT2D eigenvalue weighted by Crippen LogP contribution is 2.20. The fourth-order valence-corrected chi connectivity index (χ4v) is 3.72. The Bertz CT molecular complexity index is 1110. The lowest BCUT2D eigenvalue weighted by Crippen LogP contribution is -2.53. The lowest BCUT2D eigenvalue weighted by Gasteiger charge is -2.34. The van der Waals surface area contributed by atoms with Crippen LogP contribution in [0, 0.1) is 6.92 Å². The molecule has 0 amide bonds. The van der Waals surface area contributed by atoms with Gasteiger partial charge < -0.3 is 20.4 Å². The van der Waals surface area contributed by atoms with Crippen molar-refractivity contribution in [3.63, 3.8) is 0 Å². The molecule has 9 nitrogen and oxygen atoms in total. The molecular weight excluding hydrogens is 426 g/mol. The standard InChI is InChI=1S/C25H33N9/c1-19-8-7-9-20(16-19)22-17-23(32-31-22)29-24(26-2)30-25(34-14-12-33(3)13-15-34)28-18-27-21-10-5-4-6-11-21/h4-11,16-17,27H,12-15,18H2,1-3H3,(H3,26,28,29,30,31,32). The van der Waals surface area contributed by atoms with Gasteiger partial charge >= 0.3 is 0 Å². The van der Waals surface area contributed by atoms with Gasteiger partial charge in [0, 0.05) is 45.0 Å². The molecule has 0 radical (unpaired) electrons. The van der Waals surface area contributed by atoms with Crippen LogP contribution < -0.4 is 16.0 Å². The summed E-state index contributed by atoms with van der Waals surface area (Å²) in [6.07, 6.45) is 0. The molecule has 34 heavy (non-hydrogen) atoms. The summed E-state index contributed by atoms with van der Waals surface area (Å²) < 4.78 is 0. The number of aryl methyl sites for hydroxylation is 1. The number of anilines is 2. The number of benzene rings is 2. The lowest BCUT2D eigenvalue weighted by atomic mass is 10.1. The number of nitrogens with one attached hydrogen (secondary N) is 4. The molecular formula is C25H33N9. The maximum absolute atomic E-state index is 4.81. The second-order valence-corrected chi connectivity index (χ2v) is 8.33. The van der Waals surface area contributed by atoms with Crippen molar-refractivity contribution in [3.05, 3.63) is 66.2 Å². The normalized spacial score (nSPS) is 15.3. The second-order valence-electron chi connectivity index (χ2n) is 8.33. The van der Waals surface area contributed by atoms with Crippen molar-refractivity contribution in [3.8, 4) is 11.3 Å². The number of hydrogen-bond acceptors (Lipinski definition) is 5. The maximum Gasteiger partial charge on any atom is 0.203 e. The second kappa shape index (κ2) is 11.3. The molecule has 1 aliphatic rings. The summed E-state index contributed by atoms with van der Waals surface area (Å²) in [6.45, 7) is 6.29. The highest BCUT2D eigenvalue weighted by Gasteiger charge is 2.19. The van der Waals surface area contributed by atoms with Crippen molar-refractivity contribution >= 4 is 23.4 Å². The molecule has 0 spiro atoms. The van der Waals surface area contributed by atoms with Crippen molar-refractivity contribution in [2.75, 3.05) is 57.6 Å². The molecule has 1 saturated heterocycles. The van der Waals surface area contributed by atoms with Gasteiger partial charge in [-0.25, -0.2) is 4.99 Å². The number of aromatic amines is 1. The smallest absolute Gasteiger partial charge is 0.203 e. The van der Waals surface area contributed by atoms with E-state index in [0.717, 1.165) is 49.1 Å². The van der Waals surface area contributed by atoms with Crippen LogP contribution in [0.3, 0.4) is 0 Å². The number of aromatic nitrogens is 2. The average molecular weight is 460 g/mol. The molecule has 2 heterocycles. The van der Waals surface area contributed by atoms with Crippen LogP contribution in [0.2, 0.25) is 0 Å². The van der Waals surface area contributed by atoms with Gasteiger partial charge in [0.15, 0.2) is 5.82 Å². The highest BCUT2D eigenvalue weighted by atomic mass is 15.4. The third-order valence-corrected chi connectivity index (χ3v) is 5.70. The predicted molar refractivity (Wildman–Crippen MR) is 140 cm³/mol. The molecule has 0 saturated carbocycles. The number of aliphatic imine (C=N–C) groups is 2. The molecule has 2 aromatic carbocycles. The summed E-state index contributed by atoms with van der Waals surface area (Å²) in [4.78, 5) is 13.8. The van der Waals surface area contributed by atoms with E-state index >= 15 is 0 Å². The molecule has 1 aromatic heterocycles. The predicted octanol–water partition coefficient (Wildman–Crippen LogP) is 3.05. The molecule has 1 aliphatic heterocycles. The minimum Gasteiger partial charge on any atom is -0.366 e. The third-order valence-electron chi connectivity index (χ3n) is 5.70. The lowest BCUT2D eigenvalue weighted by molar-refractivity contribution is 0.212. The van der Waals surface area contributed by atoms with Crippen molar-refractivity contribution in [2.45, 2.75) is 6.92 Å². The topological polar surface area (TPSA) is 96.0 Å². The minimum atomic E-state index is 0.454. The minimum absolute atomic E-state index is 0.454. The summed E-state index contributed by atoms with van der Waals surface area (Å²) in [5, 5.41) is 17.5. The summed E-state index contributed by atoms with van der Waals surface area (Å²) in [5.41, 5.74) is 4.28. The van der Waals surface area contributed by atoms with E-state index in [0.29, 0.717) is 18.4 Å². The zero-order valence-corrected chi connectivity index (χ0v) is 20.0. The Morgan fingerprint density at radius 3 is 2.56 bits per heavy atom. The van der Waals surface area contributed by atoms with E-state index in [9.17, 15) is 0 Å². The Morgan fingerprint density at radius 1 is 1.03 bits per heavy atom. The summed E-state index contributed by atoms with van der Waals surface area (Å²) >= 11 is 0. The number of hydrogen-bond donors (Lipinski definition) is 4. The zero-order chi connectivity index (χ0) is 23.8. The van der Waals surface area contributed by atoms with Crippen LogP contribution in [-0.4, -0.2) is 78.9 Å². The molecule has 1 fully saturated rings. The van der Waals surface area contributed by atoms with E-state index in [2.05, 4.69) is 73.1 Å². The number of para-hydroxylation sites is 1. The Labute approximate surface area is 201 Å². The Hall–Kier alpha value is -3.85. The van der Waals surface area contributed by atoms with Crippen LogP contribution in [0.25, 0.3) is 11.3 Å². The number of H-pyrrole nitrogens is 1. The van der Waals surface area contributed by atoms with Crippen LogP contribution in [-0.2, 0) is 0 Å². The van der Waals surface area contributed by atoms with Gasteiger partial charge in [0.1, 0.15) is 6.67 Å². The first-order chi connectivity index (χ1) is 16.6. The first-order valence-electron chi connectivity index (χ1n) is 11.5. The molecule has 0 bridgehead atoms. The van der Waals surface area contributed by atoms with Crippen molar-refractivity contribution < 1.29 is 0 Å². The van der Waals surface area contributed by atoms with Gasteiger partial charge in [-0.1, -0.05) is 42.0 Å². The van der Waals surface area contributed by atoms with Crippen LogP contribution in [0.15, 0.2) is 70.6 Å². The van der Waals surface area contributed by atoms with Gasteiger partial charge in [-0.3, -0.25) is 15.4 Å². The molecule has 0 unspecified atom stereocenters. The SMILES string of the molecule is CN=C(N/C(=N\CNc1ccccc1)N1CCN(C)CC1)Nc1cc(-c2cccc(C)c2)[nH]n1. The fourth-order valence-electron chi connectivity index (χ4n) is 3.72. The number of nitrogens with zero attached hydrogens (tertiary/aromatic N) is 5. The number of guanidine groups is 2. The largest absolute Gasteiger partial charge is 0.366 e. The first kappa shape index (κ1) is 23.3. The Balaban J connectivity index is 1.45. The molecule has 3 aromatic rings. The zero-order valence-electron chi connectivity index (χ0n) is 20.0. The van der Waals surface area contributed by atoms with Crippen LogP contribution >= 0.6 is 0 Å². The van der Waals surface area contributed by atoms with Gasteiger partial charge in [-0.2, -0.15) is 5.10 Å². The monoisotopic (exact) mass is 459 g/mol. The van der Waals surface area contributed by atoms with Gasteiger partial charge in [-0.05, 0) is 37.7 Å². The fraction of sp³-hybridized carbons (Fsp3) is 0.320. The van der Waals surface area contributed by atoms with E-state index in [1.165, 1.54) is 5.56 Å². The summed E-state index contributed by atoms with van der Waals surface area (Å²) in [5.74, 6) is 2.04. The van der Waals surface area contributed by atoms with Crippen LogP contribution in [0.5, 0.6) is 0 Å². The van der Waals surface area contributed by atoms with Gasteiger partial charge in [0.2, 0.25) is 11.9 Å². The van der Waals surface area contributed by atoms with E-state index in [4.69, 9.17) is 4.99 Å². The van der Waals surface area contributed by atoms with E-state index in [1.807, 2.05) is 42.5 Å². The van der Waals surface area contributed by atoms with E-state index < -0.39 is 0 Å². The summed E-state index contributed by atoms with van der Waals surface area (Å²) in [7, 11) is 3.88. The summed E-state index contributed by atoms with van der Waals surface area (Å²) in [6, 6.07) is 20.4. The van der Waals surface area contributed by atoms with Crippen molar-refractivity contribution in [1.29, 1.82) is 0 Å². The molecule has 9 heteroatoms. The van der Waals surface area contributed by atoms with Crippen LogP contribution in [0.4, 0.5) is 11.5 Å². The third kappa shape index (κ3) is 6.35. The van der Waals surface area contributed by atoms with Crippen molar-refractivity contribution in [2.24, 2.45) is 9.98 Å². The first-order valence-corrected chi connectivity index (χ1v) is 11.5. The Kier molecular flexibility index (Phi) is 7.77. The average Bonchev–Trinajstić information content (AvgIpc) is 3.33. The van der Waals surface area contributed by atoms with Gasteiger partial charge in [-0.15, -0.1) is 0 Å². The number of rotatable bonds is 5. The molecule has 178 valence electrons. The van der Waals surface area contributed by atoms with E-state index in [-0.39, 0.29) is 0 Å². The Morgan fingerprint density at radius 2 is 1.82 bits per heavy atom. The molecule has 0 aliphatic carbocycles. The number of piperazine rings is 1. The molecule has 4 N–H and O–H groups in total.